The number of hydrogen-bond donors (Lipinski definition) is 0. The Labute approximate surface area is 89.6 Å². The zero-order valence-electron chi connectivity index (χ0n) is 9.22. The van der Waals surface area contributed by atoms with E-state index in [2.05, 4.69) is 4.90 Å². The van der Waals surface area contributed by atoms with Crippen LogP contribution in [0.5, 0.6) is 0 Å². The van der Waals surface area contributed by atoms with Gasteiger partial charge >= 0.3 is 0 Å². The van der Waals surface area contributed by atoms with Gasteiger partial charge in [-0.05, 0) is 25.8 Å². The van der Waals surface area contributed by atoms with Crippen molar-refractivity contribution in [3.63, 3.8) is 0 Å². The van der Waals surface area contributed by atoms with Crippen LogP contribution >= 0.6 is 0 Å². The first-order valence-electron chi connectivity index (χ1n) is 5.73. The van der Waals surface area contributed by atoms with E-state index in [0.29, 0.717) is 12.5 Å². The Morgan fingerprint density at radius 2 is 2.20 bits per heavy atom. The SMILES string of the molecule is CN(C[C@@H]1CCC(F)(F)C1)[C@H]1CCOC1. The average Bonchev–Trinajstić information content (AvgIpc) is 2.74. The molecule has 1 aliphatic heterocycles. The van der Waals surface area contributed by atoms with E-state index in [1.165, 1.54) is 0 Å². The van der Waals surface area contributed by atoms with Crippen molar-refractivity contribution in [3.8, 4) is 0 Å². The van der Waals surface area contributed by atoms with Crippen molar-refractivity contribution in [2.75, 3.05) is 26.8 Å². The molecule has 2 atom stereocenters. The number of halogens is 2. The monoisotopic (exact) mass is 219 g/mol. The summed E-state index contributed by atoms with van der Waals surface area (Å²) in [4.78, 5) is 2.19. The van der Waals surface area contributed by atoms with E-state index in [1.54, 1.807) is 0 Å². The molecule has 1 heterocycles. The summed E-state index contributed by atoms with van der Waals surface area (Å²) in [6, 6.07) is 0.444. The molecular formula is C11H19F2NO. The standard InChI is InChI=1S/C11H19F2NO/c1-14(10-3-5-15-8-10)7-9-2-4-11(12,13)6-9/h9-10H,2-8H2,1H3/t9-,10+/m1/s1. The van der Waals surface area contributed by atoms with Crippen molar-refractivity contribution in [3.05, 3.63) is 0 Å². The minimum absolute atomic E-state index is 0.0743. The first-order chi connectivity index (χ1) is 7.07. The molecule has 0 N–H and O–H groups in total. The maximum atomic E-state index is 13.0. The van der Waals surface area contributed by atoms with Crippen LogP contribution in [0.1, 0.15) is 25.7 Å². The maximum Gasteiger partial charge on any atom is 0.248 e. The molecule has 0 amide bonds. The lowest BCUT2D eigenvalue weighted by Crippen LogP contribution is -2.35. The highest BCUT2D eigenvalue weighted by atomic mass is 19.3. The summed E-state index contributed by atoms with van der Waals surface area (Å²) >= 11 is 0. The van der Waals surface area contributed by atoms with Gasteiger partial charge < -0.3 is 9.64 Å². The van der Waals surface area contributed by atoms with Crippen LogP contribution in [0.4, 0.5) is 8.78 Å². The number of hydrogen-bond acceptors (Lipinski definition) is 2. The lowest BCUT2D eigenvalue weighted by Gasteiger charge is -2.25. The maximum absolute atomic E-state index is 13.0. The third-order valence-electron chi connectivity index (χ3n) is 3.58. The zero-order chi connectivity index (χ0) is 10.9. The molecule has 2 nitrogen and oxygen atoms in total. The molecule has 0 aromatic heterocycles. The van der Waals surface area contributed by atoms with Gasteiger partial charge in [0.05, 0.1) is 6.61 Å². The summed E-state index contributed by atoms with van der Waals surface area (Å²) < 4.78 is 31.3. The smallest absolute Gasteiger partial charge is 0.248 e. The second-order valence-corrected chi connectivity index (χ2v) is 4.92. The zero-order valence-corrected chi connectivity index (χ0v) is 9.22. The van der Waals surface area contributed by atoms with Crippen LogP contribution in [0.15, 0.2) is 0 Å². The number of alkyl halides is 2. The summed E-state index contributed by atoms with van der Waals surface area (Å²) in [6.45, 7) is 2.37. The summed E-state index contributed by atoms with van der Waals surface area (Å²) in [7, 11) is 2.02. The topological polar surface area (TPSA) is 12.5 Å². The molecule has 0 aromatic carbocycles. The van der Waals surface area contributed by atoms with Crippen LogP contribution in [0.2, 0.25) is 0 Å². The molecule has 1 saturated carbocycles. The van der Waals surface area contributed by atoms with Crippen molar-refractivity contribution in [1.29, 1.82) is 0 Å². The van der Waals surface area contributed by atoms with Crippen LogP contribution in [-0.2, 0) is 4.74 Å². The highest BCUT2D eigenvalue weighted by Gasteiger charge is 2.40. The molecule has 0 bridgehead atoms. The number of rotatable bonds is 3. The van der Waals surface area contributed by atoms with E-state index < -0.39 is 5.92 Å². The van der Waals surface area contributed by atoms with E-state index in [1.807, 2.05) is 7.05 Å². The van der Waals surface area contributed by atoms with Crippen molar-refractivity contribution in [2.24, 2.45) is 5.92 Å². The average molecular weight is 219 g/mol. The summed E-state index contributed by atoms with van der Waals surface area (Å²) in [5.41, 5.74) is 0. The van der Waals surface area contributed by atoms with E-state index in [-0.39, 0.29) is 18.8 Å². The quantitative estimate of drug-likeness (QED) is 0.721. The fourth-order valence-corrected chi connectivity index (χ4v) is 2.62. The van der Waals surface area contributed by atoms with Crippen LogP contribution in [0.3, 0.4) is 0 Å². The van der Waals surface area contributed by atoms with Gasteiger partial charge in [0, 0.05) is 32.0 Å². The van der Waals surface area contributed by atoms with Crippen molar-refractivity contribution < 1.29 is 13.5 Å². The molecule has 15 heavy (non-hydrogen) atoms. The van der Waals surface area contributed by atoms with Crippen molar-refractivity contribution in [2.45, 2.75) is 37.6 Å². The van der Waals surface area contributed by atoms with Gasteiger partial charge in [-0.2, -0.15) is 0 Å². The van der Waals surface area contributed by atoms with Gasteiger partial charge in [0.1, 0.15) is 0 Å². The van der Waals surface area contributed by atoms with Crippen LogP contribution < -0.4 is 0 Å². The highest BCUT2D eigenvalue weighted by molar-refractivity contribution is 4.84. The Morgan fingerprint density at radius 1 is 1.40 bits per heavy atom. The largest absolute Gasteiger partial charge is 0.380 e. The second kappa shape index (κ2) is 4.34. The summed E-state index contributed by atoms with van der Waals surface area (Å²) in [5.74, 6) is -2.23. The Hall–Kier alpha value is -0.220. The third kappa shape index (κ3) is 2.88. The lowest BCUT2D eigenvalue weighted by atomic mass is 10.1. The molecule has 4 heteroatoms. The fraction of sp³-hybridized carbons (Fsp3) is 1.00. The molecule has 2 rings (SSSR count). The normalized spacial score (nSPS) is 35.2. The highest BCUT2D eigenvalue weighted by Crippen LogP contribution is 2.39. The van der Waals surface area contributed by atoms with E-state index >= 15 is 0 Å². The van der Waals surface area contributed by atoms with Gasteiger partial charge in [-0.25, -0.2) is 8.78 Å². The first-order valence-corrected chi connectivity index (χ1v) is 5.73. The van der Waals surface area contributed by atoms with E-state index in [0.717, 1.165) is 26.2 Å². The number of likely N-dealkylation sites (N-methyl/N-ethyl adjacent to an activating group) is 1. The number of ether oxygens (including phenoxy) is 1. The molecule has 0 aromatic rings. The van der Waals surface area contributed by atoms with Gasteiger partial charge in [0.15, 0.2) is 0 Å². The van der Waals surface area contributed by atoms with Gasteiger partial charge in [0.2, 0.25) is 5.92 Å². The molecule has 1 saturated heterocycles. The Balaban J connectivity index is 1.77. The Morgan fingerprint density at radius 3 is 2.73 bits per heavy atom. The minimum atomic E-state index is -2.41. The number of nitrogens with zero attached hydrogens (tertiary/aromatic N) is 1. The summed E-state index contributed by atoms with van der Waals surface area (Å²) in [5, 5.41) is 0. The van der Waals surface area contributed by atoms with E-state index in [9.17, 15) is 8.78 Å². The van der Waals surface area contributed by atoms with E-state index in [4.69, 9.17) is 4.74 Å². The Kier molecular flexibility index (Phi) is 3.26. The van der Waals surface area contributed by atoms with Crippen LogP contribution in [0.25, 0.3) is 0 Å². The predicted octanol–water partition coefficient (Wildman–Crippen LogP) is 2.14. The lowest BCUT2D eigenvalue weighted by molar-refractivity contribution is 0.00315. The van der Waals surface area contributed by atoms with Gasteiger partial charge in [-0.1, -0.05) is 0 Å². The first kappa shape index (κ1) is 11.3. The summed E-state index contributed by atoms with van der Waals surface area (Å²) in [6.07, 6.45) is 1.86. The van der Waals surface area contributed by atoms with Gasteiger partial charge in [-0.15, -0.1) is 0 Å². The molecule has 0 spiro atoms. The second-order valence-electron chi connectivity index (χ2n) is 4.92. The van der Waals surface area contributed by atoms with Gasteiger partial charge in [-0.3, -0.25) is 0 Å². The predicted molar refractivity (Wildman–Crippen MR) is 54.1 cm³/mol. The van der Waals surface area contributed by atoms with Crippen LogP contribution in [-0.4, -0.2) is 43.7 Å². The minimum Gasteiger partial charge on any atom is -0.380 e. The fourth-order valence-electron chi connectivity index (χ4n) is 2.62. The molecule has 88 valence electrons. The molecule has 2 aliphatic rings. The third-order valence-corrected chi connectivity index (χ3v) is 3.58. The Bertz CT molecular complexity index is 217. The van der Waals surface area contributed by atoms with Gasteiger partial charge in [0.25, 0.3) is 0 Å². The molecule has 0 radical (unpaired) electrons. The van der Waals surface area contributed by atoms with Crippen LogP contribution in [0, 0.1) is 5.92 Å². The van der Waals surface area contributed by atoms with Crippen molar-refractivity contribution >= 4 is 0 Å². The molecule has 2 fully saturated rings. The molecule has 0 unspecified atom stereocenters. The molecular weight excluding hydrogens is 200 g/mol. The van der Waals surface area contributed by atoms with Crippen molar-refractivity contribution in [1.82, 2.24) is 4.90 Å². The molecule has 1 aliphatic carbocycles.